The summed E-state index contributed by atoms with van der Waals surface area (Å²) in [5.41, 5.74) is 0. The van der Waals surface area contributed by atoms with Gasteiger partial charge >= 0.3 is 0 Å². The monoisotopic (exact) mass is 170 g/mol. The van der Waals surface area contributed by atoms with Gasteiger partial charge in [0.2, 0.25) is 5.91 Å². The Morgan fingerprint density at radius 1 is 1.58 bits per heavy atom. The molecule has 1 heterocycles. The van der Waals surface area contributed by atoms with Crippen LogP contribution < -0.4 is 10.6 Å². The molecule has 0 radical (unpaired) electrons. The summed E-state index contributed by atoms with van der Waals surface area (Å²) in [7, 11) is 1.69. The number of amides is 1. The Morgan fingerprint density at radius 2 is 2.42 bits per heavy atom. The molecule has 3 nitrogen and oxygen atoms in total. The standard InChI is InChI=1S/C9H18N2O/c1-10-9(12)6-5-8-4-2-3-7-11-8/h8,11H,2-7H2,1H3,(H,10,12)/t8-/m0/s1. The summed E-state index contributed by atoms with van der Waals surface area (Å²) < 4.78 is 0. The van der Waals surface area contributed by atoms with Gasteiger partial charge in [-0.1, -0.05) is 6.42 Å². The molecule has 1 fully saturated rings. The van der Waals surface area contributed by atoms with Crippen LogP contribution in [-0.2, 0) is 4.79 Å². The van der Waals surface area contributed by atoms with Gasteiger partial charge in [-0.2, -0.15) is 0 Å². The molecule has 0 aromatic carbocycles. The molecule has 1 aliphatic heterocycles. The Bertz CT molecular complexity index is 141. The number of piperidine rings is 1. The van der Waals surface area contributed by atoms with Gasteiger partial charge in [0, 0.05) is 19.5 Å². The van der Waals surface area contributed by atoms with Crippen LogP contribution in [-0.4, -0.2) is 25.5 Å². The van der Waals surface area contributed by atoms with Crippen molar-refractivity contribution in [3.8, 4) is 0 Å². The summed E-state index contributed by atoms with van der Waals surface area (Å²) >= 11 is 0. The molecule has 0 aliphatic carbocycles. The van der Waals surface area contributed by atoms with Crippen molar-refractivity contribution in [2.75, 3.05) is 13.6 Å². The van der Waals surface area contributed by atoms with Crippen LogP contribution in [0.25, 0.3) is 0 Å². The minimum Gasteiger partial charge on any atom is -0.359 e. The predicted molar refractivity (Wildman–Crippen MR) is 48.9 cm³/mol. The fourth-order valence-corrected chi connectivity index (χ4v) is 1.60. The van der Waals surface area contributed by atoms with Crippen LogP contribution >= 0.6 is 0 Å². The highest BCUT2D eigenvalue weighted by molar-refractivity contribution is 5.75. The summed E-state index contributed by atoms with van der Waals surface area (Å²) in [6.07, 6.45) is 5.48. The molecule has 0 aromatic heterocycles. The SMILES string of the molecule is CNC(=O)CC[C@@H]1CCCCN1. The quantitative estimate of drug-likeness (QED) is 0.653. The molecular formula is C9H18N2O. The third kappa shape index (κ3) is 3.22. The molecule has 1 amide bonds. The minimum absolute atomic E-state index is 0.155. The highest BCUT2D eigenvalue weighted by atomic mass is 16.1. The maximum Gasteiger partial charge on any atom is 0.219 e. The molecule has 0 bridgehead atoms. The van der Waals surface area contributed by atoms with E-state index in [1.54, 1.807) is 7.05 Å². The third-order valence-corrected chi connectivity index (χ3v) is 2.41. The van der Waals surface area contributed by atoms with Crippen molar-refractivity contribution in [2.45, 2.75) is 38.1 Å². The van der Waals surface area contributed by atoms with Crippen molar-refractivity contribution < 1.29 is 4.79 Å². The fourth-order valence-electron chi connectivity index (χ4n) is 1.60. The molecule has 0 unspecified atom stereocenters. The van der Waals surface area contributed by atoms with Crippen molar-refractivity contribution in [1.29, 1.82) is 0 Å². The molecule has 1 atom stereocenters. The summed E-state index contributed by atoms with van der Waals surface area (Å²) in [6.45, 7) is 1.12. The molecule has 70 valence electrons. The van der Waals surface area contributed by atoms with Crippen molar-refractivity contribution in [1.82, 2.24) is 10.6 Å². The van der Waals surface area contributed by atoms with Crippen LogP contribution in [0, 0.1) is 0 Å². The van der Waals surface area contributed by atoms with Gasteiger partial charge in [-0.25, -0.2) is 0 Å². The lowest BCUT2D eigenvalue weighted by Crippen LogP contribution is -2.35. The molecule has 2 N–H and O–H groups in total. The van der Waals surface area contributed by atoms with Crippen LogP contribution in [0.5, 0.6) is 0 Å². The zero-order valence-electron chi connectivity index (χ0n) is 7.73. The first-order valence-electron chi connectivity index (χ1n) is 4.77. The van der Waals surface area contributed by atoms with E-state index in [9.17, 15) is 4.79 Å². The van der Waals surface area contributed by atoms with Gasteiger partial charge in [0.05, 0.1) is 0 Å². The molecule has 3 heteroatoms. The largest absolute Gasteiger partial charge is 0.359 e. The van der Waals surface area contributed by atoms with E-state index in [0.717, 1.165) is 13.0 Å². The fraction of sp³-hybridized carbons (Fsp3) is 0.889. The van der Waals surface area contributed by atoms with Crippen LogP contribution in [0.4, 0.5) is 0 Å². The topological polar surface area (TPSA) is 41.1 Å². The van der Waals surface area contributed by atoms with Gasteiger partial charge < -0.3 is 10.6 Å². The predicted octanol–water partition coefficient (Wildman–Crippen LogP) is 0.655. The van der Waals surface area contributed by atoms with Gasteiger partial charge in [0.1, 0.15) is 0 Å². The smallest absolute Gasteiger partial charge is 0.219 e. The molecule has 0 saturated carbocycles. The second kappa shape index (κ2) is 5.14. The zero-order chi connectivity index (χ0) is 8.81. The van der Waals surface area contributed by atoms with Crippen LogP contribution in [0.3, 0.4) is 0 Å². The van der Waals surface area contributed by atoms with Crippen molar-refractivity contribution in [3.63, 3.8) is 0 Å². The average molecular weight is 170 g/mol. The lowest BCUT2D eigenvalue weighted by molar-refractivity contribution is -0.120. The normalized spacial score (nSPS) is 23.6. The van der Waals surface area contributed by atoms with Crippen LogP contribution in [0.2, 0.25) is 0 Å². The minimum atomic E-state index is 0.155. The lowest BCUT2D eigenvalue weighted by atomic mass is 10.0. The van der Waals surface area contributed by atoms with E-state index < -0.39 is 0 Å². The summed E-state index contributed by atoms with van der Waals surface area (Å²) in [5.74, 6) is 0.155. The Hall–Kier alpha value is -0.570. The maximum absolute atomic E-state index is 10.9. The van der Waals surface area contributed by atoms with Crippen molar-refractivity contribution in [3.05, 3.63) is 0 Å². The molecule has 12 heavy (non-hydrogen) atoms. The van der Waals surface area contributed by atoms with Gasteiger partial charge in [-0.05, 0) is 25.8 Å². The van der Waals surface area contributed by atoms with E-state index in [0.29, 0.717) is 12.5 Å². The first-order chi connectivity index (χ1) is 5.83. The first-order valence-corrected chi connectivity index (χ1v) is 4.77. The zero-order valence-corrected chi connectivity index (χ0v) is 7.73. The Labute approximate surface area is 73.9 Å². The Morgan fingerprint density at radius 3 is 3.00 bits per heavy atom. The number of nitrogens with one attached hydrogen (secondary N) is 2. The van der Waals surface area contributed by atoms with Crippen LogP contribution in [0.15, 0.2) is 0 Å². The number of rotatable bonds is 3. The van der Waals surface area contributed by atoms with E-state index in [2.05, 4.69) is 10.6 Å². The molecule has 1 rings (SSSR count). The van der Waals surface area contributed by atoms with Gasteiger partial charge in [0.15, 0.2) is 0 Å². The summed E-state index contributed by atoms with van der Waals surface area (Å²) in [5, 5.41) is 6.06. The second-order valence-corrected chi connectivity index (χ2v) is 3.36. The van der Waals surface area contributed by atoms with Crippen molar-refractivity contribution >= 4 is 5.91 Å². The van der Waals surface area contributed by atoms with Crippen molar-refractivity contribution in [2.24, 2.45) is 0 Å². The first kappa shape index (κ1) is 9.52. The summed E-state index contributed by atoms with van der Waals surface area (Å²) in [6, 6.07) is 0.580. The van der Waals surface area contributed by atoms with E-state index in [-0.39, 0.29) is 5.91 Å². The number of carbonyl (C=O) groups excluding carboxylic acids is 1. The molecule has 1 saturated heterocycles. The van der Waals surface area contributed by atoms with Gasteiger partial charge in [-0.15, -0.1) is 0 Å². The average Bonchev–Trinajstić information content (AvgIpc) is 2.16. The lowest BCUT2D eigenvalue weighted by Gasteiger charge is -2.22. The molecule has 0 spiro atoms. The van der Waals surface area contributed by atoms with E-state index in [1.165, 1.54) is 19.3 Å². The van der Waals surface area contributed by atoms with E-state index >= 15 is 0 Å². The maximum atomic E-state index is 10.9. The third-order valence-electron chi connectivity index (χ3n) is 2.41. The number of hydrogen-bond donors (Lipinski definition) is 2. The molecule has 1 aliphatic rings. The Kier molecular flexibility index (Phi) is 4.08. The second-order valence-electron chi connectivity index (χ2n) is 3.36. The summed E-state index contributed by atoms with van der Waals surface area (Å²) in [4.78, 5) is 10.9. The highest BCUT2D eigenvalue weighted by Gasteiger charge is 2.12. The van der Waals surface area contributed by atoms with Gasteiger partial charge in [-0.3, -0.25) is 4.79 Å². The molecule has 0 aromatic rings. The number of hydrogen-bond acceptors (Lipinski definition) is 2. The van der Waals surface area contributed by atoms with E-state index in [4.69, 9.17) is 0 Å². The van der Waals surface area contributed by atoms with Crippen LogP contribution in [0.1, 0.15) is 32.1 Å². The number of carbonyl (C=O) groups is 1. The Balaban J connectivity index is 2.09. The van der Waals surface area contributed by atoms with Gasteiger partial charge in [0.25, 0.3) is 0 Å². The van der Waals surface area contributed by atoms with E-state index in [1.807, 2.05) is 0 Å². The molecular weight excluding hydrogens is 152 g/mol. The highest BCUT2D eigenvalue weighted by Crippen LogP contribution is 2.11.